The normalized spacial score (nSPS) is 11.9. The third-order valence-corrected chi connectivity index (χ3v) is 4.21. The first kappa shape index (κ1) is 16.2. The molecule has 1 aromatic carbocycles. The molecule has 0 radical (unpaired) electrons. The summed E-state index contributed by atoms with van der Waals surface area (Å²) in [6, 6.07) is 9.97. The lowest BCUT2D eigenvalue weighted by atomic mass is 10.0. The summed E-state index contributed by atoms with van der Waals surface area (Å²) in [5, 5.41) is 8.57. The molecule has 22 heavy (non-hydrogen) atoms. The number of carboxylic acid groups (broad SMARTS) is 1. The Bertz CT molecular complexity index is 689. The van der Waals surface area contributed by atoms with Crippen LogP contribution in [0.15, 0.2) is 42.6 Å². The zero-order chi connectivity index (χ0) is 16.1. The third kappa shape index (κ3) is 3.72. The monoisotopic (exact) mass is 316 g/mol. The molecule has 6 heteroatoms. The van der Waals surface area contributed by atoms with Crippen LogP contribution in [-0.4, -0.2) is 33.0 Å². The van der Waals surface area contributed by atoms with E-state index in [4.69, 9.17) is 10.8 Å². The van der Waals surface area contributed by atoms with Gasteiger partial charge in [-0.2, -0.15) is 0 Å². The standard InChI is InChI=1S/C16H16N2O3S/c1-10-11(14-7-2-3-8-18-14)5-4-6-12(10)16(21)22-9-13(17)15(19)20/h2-8,13H,9,17H2,1H3,(H,19,20). The number of pyridine rings is 1. The number of nitrogens with zero attached hydrogens (tertiary/aromatic N) is 1. The molecule has 0 aliphatic heterocycles. The highest BCUT2D eigenvalue weighted by atomic mass is 32.2. The Labute approximate surface area is 132 Å². The van der Waals surface area contributed by atoms with Crippen molar-refractivity contribution in [3.05, 3.63) is 53.7 Å². The molecule has 1 heterocycles. The van der Waals surface area contributed by atoms with Crippen LogP contribution in [0.4, 0.5) is 0 Å². The van der Waals surface area contributed by atoms with Crippen LogP contribution in [0.5, 0.6) is 0 Å². The zero-order valence-electron chi connectivity index (χ0n) is 12.0. The zero-order valence-corrected chi connectivity index (χ0v) is 12.8. The second kappa shape index (κ2) is 7.20. The fourth-order valence-corrected chi connectivity index (χ4v) is 2.82. The average molecular weight is 316 g/mol. The van der Waals surface area contributed by atoms with E-state index in [0.29, 0.717) is 5.56 Å². The Morgan fingerprint density at radius 3 is 2.68 bits per heavy atom. The molecule has 5 nitrogen and oxygen atoms in total. The smallest absolute Gasteiger partial charge is 0.321 e. The summed E-state index contributed by atoms with van der Waals surface area (Å²) in [6.45, 7) is 1.86. The van der Waals surface area contributed by atoms with Crippen LogP contribution in [0.25, 0.3) is 11.3 Å². The van der Waals surface area contributed by atoms with Crippen LogP contribution in [0.2, 0.25) is 0 Å². The Kier molecular flexibility index (Phi) is 5.30. The van der Waals surface area contributed by atoms with Crippen LogP contribution in [0.3, 0.4) is 0 Å². The van der Waals surface area contributed by atoms with Crippen molar-refractivity contribution in [2.45, 2.75) is 13.0 Å². The van der Waals surface area contributed by atoms with E-state index in [1.807, 2.05) is 31.2 Å². The molecule has 0 aliphatic rings. The van der Waals surface area contributed by atoms with Gasteiger partial charge in [-0.05, 0) is 24.6 Å². The van der Waals surface area contributed by atoms with Gasteiger partial charge in [0.25, 0.3) is 0 Å². The molecule has 114 valence electrons. The van der Waals surface area contributed by atoms with E-state index in [1.165, 1.54) is 0 Å². The maximum Gasteiger partial charge on any atom is 0.321 e. The SMILES string of the molecule is Cc1c(C(=O)SCC(N)C(=O)O)cccc1-c1ccccn1. The molecule has 0 fully saturated rings. The molecule has 0 saturated heterocycles. The van der Waals surface area contributed by atoms with Crippen molar-refractivity contribution in [1.82, 2.24) is 4.98 Å². The molecule has 0 spiro atoms. The van der Waals surface area contributed by atoms with Gasteiger partial charge in [-0.1, -0.05) is 36.0 Å². The summed E-state index contributed by atoms with van der Waals surface area (Å²) >= 11 is 0.919. The van der Waals surface area contributed by atoms with Crippen LogP contribution in [-0.2, 0) is 4.79 Å². The molecule has 0 saturated carbocycles. The maximum atomic E-state index is 12.3. The van der Waals surface area contributed by atoms with Crippen LogP contribution in [0.1, 0.15) is 15.9 Å². The second-order valence-electron chi connectivity index (χ2n) is 4.74. The number of carbonyl (C=O) groups excluding carboxylic acids is 1. The number of hydrogen-bond acceptors (Lipinski definition) is 5. The lowest BCUT2D eigenvalue weighted by Crippen LogP contribution is -2.32. The van der Waals surface area contributed by atoms with Gasteiger partial charge < -0.3 is 10.8 Å². The summed E-state index contributed by atoms with van der Waals surface area (Å²) in [7, 11) is 0. The molecular weight excluding hydrogens is 300 g/mol. The van der Waals surface area contributed by atoms with Crippen molar-refractivity contribution in [3.8, 4) is 11.3 Å². The fourth-order valence-electron chi connectivity index (χ4n) is 1.97. The first-order valence-electron chi connectivity index (χ1n) is 6.67. The van der Waals surface area contributed by atoms with Crippen molar-refractivity contribution in [2.24, 2.45) is 5.73 Å². The lowest BCUT2D eigenvalue weighted by Gasteiger charge is -2.11. The minimum Gasteiger partial charge on any atom is -0.480 e. The van der Waals surface area contributed by atoms with Gasteiger partial charge in [0.15, 0.2) is 0 Å². The van der Waals surface area contributed by atoms with Gasteiger partial charge in [-0.25, -0.2) is 0 Å². The molecule has 1 atom stereocenters. The van der Waals surface area contributed by atoms with Gasteiger partial charge in [-0.15, -0.1) is 0 Å². The van der Waals surface area contributed by atoms with E-state index in [-0.39, 0.29) is 10.9 Å². The summed E-state index contributed by atoms with van der Waals surface area (Å²) in [6.07, 6.45) is 1.70. The van der Waals surface area contributed by atoms with Crippen molar-refractivity contribution in [1.29, 1.82) is 0 Å². The van der Waals surface area contributed by atoms with Crippen LogP contribution < -0.4 is 5.73 Å². The molecule has 0 aliphatic carbocycles. The van der Waals surface area contributed by atoms with Crippen LogP contribution >= 0.6 is 11.8 Å². The van der Waals surface area contributed by atoms with E-state index in [9.17, 15) is 9.59 Å². The maximum absolute atomic E-state index is 12.3. The first-order valence-corrected chi connectivity index (χ1v) is 7.66. The summed E-state index contributed by atoms with van der Waals surface area (Å²) in [5.74, 6) is -1.07. The van der Waals surface area contributed by atoms with Gasteiger partial charge in [-0.3, -0.25) is 14.6 Å². The number of carboxylic acids is 1. The molecule has 1 unspecified atom stereocenters. The largest absolute Gasteiger partial charge is 0.480 e. The molecule has 2 rings (SSSR count). The lowest BCUT2D eigenvalue weighted by molar-refractivity contribution is -0.137. The van der Waals surface area contributed by atoms with Crippen LogP contribution in [0, 0.1) is 6.92 Å². The van der Waals surface area contributed by atoms with E-state index < -0.39 is 12.0 Å². The quantitative estimate of drug-likeness (QED) is 0.879. The predicted octanol–water partition coefficient (Wildman–Crippen LogP) is 2.34. The highest BCUT2D eigenvalue weighted by Crippen LogP contribution is 2.26. The molecule has 0 bridgehead atoms. The van der Waals surface area contributed by atoms with E-state index in [0.717, 1.165) is 28.6 Å². The minimum atomic E-state index is -1.11. The highest BCUT2D eigenvalue weighted by molar-refractivity contribution is 8.14. The van der Waals surface area contributed by atoms with Gasteiger partial charge in [0.1, 0.15) is 6.04 Å². The number of hydrogen-bond donors (Lipinski definition) is 2. The molecule has 0 amide bonds. The number of carbonyl (C=O) groups is 2. The Balaban J connectivity index is 2.22. The van der Waals surface area contributed by atoms with E-state index in [2.05, 4.69) is 4.98 Å². The second-order valence-corrected chi connectivity index (χ2v) is 5.73. The van der Waals surface area contributed by atoms with Crippen molar-refractivity contribution in [3.63, 3.8) is 0 Å². The van der Waals surface area contributed by atoms with Gasteiger partial charge in [0.05, 0.1) is 5.69 Å². The van der Waals surface area contributed by atoms with E-state index >= 15 is 0 Å². The Hall–Kier alpha value is -2.18. The number of rotatable bonds is 5. The summed E-state index contributed by atoms with van der Waals surface area (Å²) in [4.78, 5) is 27.3. The fraction of sp³-hybridized carbons (Fsp3) is 0.188. The van der Waals surface area contributed by atoms with Crippen molar-refractivity contribution in [2.75, 3.05) is 5.75 Å². The molecule has 1 aromatic heterocycles. The van der Waals surface area contributed by atoms with Crippen molar-refractivity contribution >= 4 is 22.8 Å². The van der Waals surface area contributed by atoms with E-state index in [1.54, 1.807) is 18.3 Å². The minimum absolute atomic E-state index is 0.0431. The van der Waals surface area contributed by atoms with Crippen molar-refractivity contribution < 1.29 is 14.7 Å². The van der Waals surface area contributed by atoms with Gasteiger partial charge in [0, 0.05) is 23.1 Å². The average Bonchev–Trinajstić information content (AvgIpc) is 2.53. The third-order valence-electron chi connectivity index (χ3n) is 3.21. The number of thioether (sulfide) groups is 1. The number of aromatic nitrogens is 1. The Morgan fingerprint density at radius 2 is 2.05 bits per heavy atom. The highest BCUT2D eigenvalue weighted by Gasteiger charge is 2.17. The number of aliphatic carboxylic acids is 1. The summed E-state index contributed by atoms with van der Waals surface area (Å²) < 4.78 is 0. The molecular formula is C16H16N2O3S. The molecule has 3 N–H and O–H groups in total. The topological polar surface area (TPSA) is 93.3 Å². The number of benzene rings is 1. The van der Waals surface area contributed by atoms with Gasteiger partial charge >= 0.3 is 5.97 Å². The summed E-state index contributed by atoms with van der Waals surface area (Å²) in [5.41, 5.74) is 8.47. The molecule has 2 aromatic rings. The first-order chi connectivity index (χ1) is 10.5. The number of nitrogens with two attached hydrogens (primary N) is 1. The van der Waals surface area contributed by atoms with Gasteiger partial charge in [0.2, 0.25) is 5.12 Å². The predicted molar refractivity (Wildman–Crippen MR) is 86.8 cm³/mol. The Morgan fingerprint density at radius 1 is 1.27 bits per heavy atom.